The molecule has 58 heavy (non-hydrogen) atoms. The maximum Gasteiger partial charge on any atom is 0.0973 e. The molecule has 0 radical (unpaired) electrons. The maximum atomic E-state index is 5.47. The first-order valence-corrected chi connectivity index (χ1v) is 19.8. The molecule has 0 N–H and O–H groups in total. The van der Waals surface area contributed by atoms with Crippen LogP contribution in [0.5, 0.6) is 0 Å². The Labute approximate surface area is 334 Å². The minimum atomic E-state index is 0.865. The lowest BCUT2D eigenvalue weighted by Gasteiger charge is -2.17. The molecule has 12 aromatic rings. The van der Waals surface area contributed by atoms with Gasteiger partial charge in [0.25, 0.3) is 0 Å². The first-order valence-electron chi connectivity index (χ1n) is 19.8. The van der Waals surface area contributed by atoms with Gasteiger partial charge in [0.2, 0.25) is 0 Å². The van der Waals surface area contributed by atoms with Crippen LogP contribution in [0.4, 0.5) is 0 Å². The number of benzene rings is 9. The van der Waals surface area contributed by atoms with Crippen LogP contribution in [0.1, 0.15) is 0 Å². The van der Waals surface area contributed by atoms with Gasteiger partial charge in [-0.1, -0.05) is 158 Å². The van der Waals surface area contributed by atoms with Gasteiger partial charge < -0.3 is 9.13 Å². The number of nitrogens with zero attached hydrogens (tertiary/aromatic N) is 4. The highest BCUT2D eigenvalue weighted by atomic mass is 15.0. The molecule has 0 spiro atoms. The van der Waals surface area contributed by atoms with Crippen molar-refractivity contribution in [1.82, 2.24) is 19.1 Å². The summed E-state index contributed by atoms with van der Waals surface area (Å²) in [6.07, 6.45) is 0. The first-order chi connectivity index (χ1) is 28.8. The topological polar surface area (TPSA) is 35.6 Å². The van der Waals surface area contributed by atoms with Gasteiger partial charge in [-0.05, 0) is 59.5 Å². The Morgan fingerprint density at radius 1 is 0.310 bits per heavy atom. The Bertz CT molecular complexity index is 3550. The van der Waals surface area contributed by atoms with E-state index in [4.69, 9.17) is 9.97 Å². The SMILES string of the molecule is c1ccc(-c2nc3cccc(-c4ccc(-n5c6ccccc6c6cc7c8ccccc8n(-c8ccccc8)c7cc65)c5ccccc45)c3nc2-c2ccccc2)cc1. The van der Waals surface area contributed by atoms with Crippen molar-refractivity contribution >= 4 is 65.4 Å². The van der Waals surface area contributed by atoms with Gasteiger partial charge in [0.1, 0.15) is 0 Å². The third kappa shape index (κ3) is 4.88. The first kappa shape index (κ1) is 32.4. The van der Waals surface area contributed by atoms with E-state index in [1.54, 1.807) is 0 Å². The Morgan fingerprint density at radius 2 is 0.845 bits per heavy atom. The lowest BCUT2D eigenvalue weighted by atomic mass is 9.95. The summed E-state index contributed by atoms with van der Waals surface area (Å²) >= 11 is 0. The van der Waals surface area contributed by atoms with Crippen LogP contribution in [-0.4, -0.2) is 19.1 Å². The molecule has 0 fully saturated rings. The van der Waals surface area contributed by atoms with Crippen molar-refractivity contribution in [3.63, 3.8) is 0 Å². The number of para-hydroxylation sites is 4. The fourth-order valence-electron chi connectivity index (χ4n) is 9.15. The molecule has 3 heterocycles. The molecular weight excluding hydrogens is 705 g/mol. The van der Waals surface area contributed by atoms with Crippen molar-refractivity contribution in [2.75, 3.05) is 0 Å². The summed E-state index contributed by atoms with van der Waals surface area (Å²) in [4.78, 5) is 10.8. The largest absolute Gasteiger partial charge is 0.309 e. The van der Waals surface area contributed by atoms with Crippen molar-refractivity contribution in [1.29, 1.82) is 0 Å². The molecule has 0 saturated carbocycles. The monoisotopic (exact) mass is 738 g/mol. The van der Waals surface area contributed by atoms with Gasteiger partial charge in [0.15, 0.2) is 0 Å². The highest BCUT2D eigenvalue weighted by Crippen LogP contribution is 2.43. The number of aromatic nitrogens is 4. The molecule has 0 atom stereocenters. The number of fused-ring (bicyclic) bond motifs is 8. The molecule has 4 heteroatoms. The van der Waals surface area contributed by atoms with E-state index in [9.17, 15) is 0 Å². The van der Waals surface area contributed by atoms with Gasteiger partial charge in [-0.3, -0.25) is 0 Å². The molecule has 4 nitrogen and oxygen atoms in total. The fourth-order valence-corrected chi connectivity index (χ4v) is 9.15. The average Bonchev–Trinajstić information content (AvgIpc) is 3.80. The lowest BCUT2D eigenvalue weighted by Crippen LogP contribution is -1.99. The van der Waals surface area contributed by atoms with Gasteiger partial charge in [-0.15, -0.1) is 0 Å². The average molecular weight is 739 g/mol. The summed E-state index contributed by atoms with van der Waals surface area (Å²) in [7, 11) is 0. The smallest absolute Gasteiger partial charge is 0.0973 e. The second-order valence-corrected chi connectivity index (χ2v) is 14.9. The van der Waals surface area contributed by atoms with E-state index in [0.717, 1.165) is 61.4 Å². The summed E-state index contributed by atoms with van der Waals surface area (Å²) in [5.41, 5.74) is 14.8. The summed E-state index contributed by atoms with van der Waals surface area (Å²) in [6.45, 7) is 0. The number of hydrogen-bond donors (Lipinski definition) is 0. The predicted octanol–water partition coefficient (Wildman–Crippen LogP) is 14.0. The zero-order chi connectivity index (χ0) is 38.2. The quantitative estimate of drug-likeness (QED) is 0.176. The minimum Gasteiger partial charge on any atom is -0.309 e. The third-order valence-corrected chi connectivity index (χ3v) is 11.7. The zero-order valence-electron chi connectivity index (χ0n) is 31.4. The normalized spacial score (nSPS) is 11.8. The zero-order valence-corrected chi connectivity index (χ0v) is 31.4. The molecule has 9 aromatic carbocycles. The Hall–Kier alpha value is -7.82. The summed E-state index contributed by atoms with van der Waals surface area (Å²) < 4.78 is 4.87. The molecule has 0 unspecified atom stereocenters. The Morgan fingerprint density at radius 3 is 1.52 bits per heavy atom. The van der Waals surface area contributed by atoms with E-state index in [-0.39, 0.29) is 0 Å². The van der Waals surface area contributed by atoms with Gasteiger partial charge in [-0.2, -0.15) is 0 Å². The van der Waals surface area contributed by atoms with E-state index in [0.29, 0.717) is 0 Å². The molecule has 0 saturated heterocycles. The van der Waals surface area contributed by atoms with Gasteiger partial charge in [0.05, 0.1) is 50.2 Å². The van der Waals surface area contributed by atoms with E-state index in [1.807, 2.05) is 12.1 Å². The molecule has 0 amide bonds. The summed E-state index contributed by atoms with van der Waals surface area (Å²) in [5, 5.41) is 7.29. The van der Waals surface area contributed by atoms with Crippen LogP contribution in [0.3, 0.4) is 0 Å². The van der Waals surface area contributed by atoms with E-state index >= 15 is 0 Å². The van der Waals surface area contributed by atoms with Crippen LogP contribution in [-0.2, 0) is 0 Å². The van der Waals surface area contributed by atoms with Crippen LogP contribution in [0.15, 0.2) is 206 Å². The second-order valence-electron chi connectivity index (χ2n) is 14.9. The maximum absolute atomic E-state index is 5.47. The third-order valence-electron chi connectivity index (χ3n) is 11.7. The highest BCUT2D eigenvalue weighted by Gasteiger charge is 2.21. The van der Waals surface area contributed by atoms with Crippen molar-refractivity contribution in [3.8, 4) is 45.0 Å². The summed E-state index contributed by atoms with van der Waals surface area (Å²) in [5.74, 6) is 0. The van der Waals surface area contributed by atoms with Gasteiger partial charge in [-0.25, -0.2) is 9.97 Å². The second kappa shape index (κ2) is 12.9. The van der Waals surface area contributed by atoms with Crippen LogP contribution in [0.25, 0.3) is 110 Å². The highest BCUT2D eigenvalue weighted by molar-refractivity contribution is 6.20. The van der Waals surface area contributed by atoms with Crippen molar-refractivity contribution < 1.29 is 0 Å². The molecule has 12 rings (SSSR count). The fraction of sp³-hybridized carbons (Fsp3) is 0. The molecule has 0 aliphatic rings. The molecule has 3 aromatic heterocycles. The number of rotatable bonds is 5. The van der Waals surface area contributed by atoms with E-state index in [1.165, 1.54) is 49.0 Å². The van der Waals surface area contributed by atoms with Crippen LogP contribution in [0.2, 0.25) is 0 Å². The van der Waals surface area contributed by atoms with Crippen LogP contribution < -0.4 is 0 Å². The molecule has 0 aliphatic carbocycles. The van der Waals surface area contributed by atoms with Crippen LogP contribution in [0, 0.1) is 0 Å². The Balaban J connectivity index is 1.12. The van der Waals surface area contributed by atoms with Gasteiger partial charge in [0, 0.05) is 49.3 Å². The van der Waals surface area contributed by atoms with Gasteiger partial charge >= 0.3 is 0 Å². The standard InChI is InChI=1S/C54H34N4/c1-4-17-35(18-5-1)52-53(36-19-6-2-7-20-36)56-54-43(27-16-28-46(54)55-52)39-31-32-49(40-24-11-10-23-38(39)40)58-48-30-15-13-26-42(48)45-33-44-41-25-12-14-29-47(41)57(50(44)34-51(45)58)37-21-8-3-9-22-37/h1-34H. The molecule has 0 bridgehead atoms. The van der Waals surface area contributed by atoms with Crippen LogP contribution >= 0.6 is 0 Å². The van der Waals surface area contributed by atoms with Crippen molar-refractivity contribution in [2.45, 2.75) is 0 Å². The summed E-state index contributed by atoms with van der Waals surface area (Å²) in [6, 6.07) is 73.6. The molecule has 0 aliphatic heterocycles. The minimum absolute atomic E-state index is 0.865. The molecule has 270 valence electrons. The lowest BCUT2D eigenvalue weighted by molar-refractivity contribution is 1.17. The van der Waals surface area contributed by atoms with E-state index < -0.39 is 0 Å². The predicted molar refractivity (Wildman–Crippen MR) is 242 cm³/mol. The molecular formula is C54H34N4. The Kier molecular flexibility index (Phi) is 7.20. The van der Waals surface area contributed by atoms with E-state index in [2.05, 4.69) is 203 Å². The van der Waals surface area contributed by atoms with Crippen molar-refractivity contribution in [2.24, 2.45) is 0 Å². The van der Waals surface area contributed by atoms with Crippen molar-refractivity contribution in [3.05, 3.63) is 206 Å². The number of hydrogen-bond acceptors (Lipinski definition) is 2.